The molecule has 4 nitrogen and oxygen atoms in total. The summed E-state index contributed by atoms with van der Waals surface area (Å²) in [6, 6.07) is 8.75. The Labute approximate surface area is 162 Å². The topological polar surface area (TPSA) is 40.6 Å². The molecule has 2 saturated carbocycles. The molecule has 27 heavy (non-hydrogen) atoms. The van der Waals surface area contributed by atoms with Crippen LogP contribution in [0.5, 0.6) is 0 Å². The smallest absolute Gasteiger partial charge is 0.229 e. The predicted octanol–water partition coefficient (Wildman–Crippen LogP) is 4.71. The van der Waals surface area contributed by atoms with E-state index in [1.165, 1.54) is 38.5 Å². The van der Waals surface area contributed by atoms with Crippen molar-refractivity contribution in [2.75, 3.05) is 22.9 Å². The third kappa shape index (κ3) is 4.04. The van der Waals surface area contributed by atoms with Crippen LogP contribution in [0, 0.1) is 5.92 Å². The van der Waals surface area contributed by atoms with Gasteiger partial charge in [-0.25, -0.2) is 0 Å². The predicted molar refractivity (Wildman–Crippen MR) is 109 cm³/mol. The summed E-state index contributed by atoms with van der Waals surface area (Å²) in [5, 5.41) is 0. The summed E-state index contributed by atoms with van der Waals surface area (Å²) < 4.78 is 0. The molecule has 3 aliphatic rings. The zero-order valence-electron chi connectivity index (χ0n) is 16.4. The minimum absolute atomic E-state index is 0.102. The van der Waals surface area contributed by atoms with Gasteiger partial charge in [-0.1, -0.05) is 50.7 Å². The number of carbonyl (C=O) groups is 2. The van der Waals surface area contributed by atoms with Gasteiger partial charge < -0.3 is 9.80 Å². The van der Waals surface area contributed by atoms with Crippen LogP contribution < -0.4 is 9.80 Å². The fraction of sp³-hybridized carbons (Fsp3) is 0.652. The van der Waals surface area contributed by atoms with E-state index in [2.05, 4.69) is 17.0 Å². The highest BCUT2D eigenvalue weighted by atomic mass is 16.2. The number of anilines is 2. The molecule has 146 valence electrons. The van der Waals surface area contributed by atoms with Crippen molar-refractivity contribution in [3.05, 3.63) is 24.3 Å². The third-order valence-electron chi connectivity index (χ3n) is 6.74. The average molecular weight is 369 g/mol. The number of ketones is 1. The van der Waals surface area contributed by atoms with Crippen LogP contribution in [0.3, 0.4) is 0 Å². The molecule has 4 heteroatoms. The van der Waals surface area contributed by atoms with Crippen LogP contribution in [0.25, 0.3) is 0 Å². The van der Waals surface area contributed by atoms with Crippen molar-refractivity contribution in [1.29, 1.82) is 0 Å². The van der Waals surface area contributed by atoms with Crippen molar-refractivity contribution >= 4 is 23.1 Å². The van der Waals surface area contributed by atoms with Gasteiger partial charge in [0.15, 0.2) is 5.78 Å². The molecule has 0 aromatic heterocycles. The van der Waals surface area contributed by atoms with E-state index in [4.69, 9.17) is 0 Å². The SMILES string of the molecule is O=C(CN1C(=O)CCN(C2CCCCC2)c2ccccc21)C1CCCCC1. The van der Waals surface area contributed by atoms with Crippen LogP contribution in [0.4, 0.5) is 11.4 Å². The minimum Gasteiger partial charge on any atom is -0.366 e. The second-order valence-electron chi connectivity index (χ2n) is 8.51. The Kier molecular flexibility index (Phi) is 5.80. The number of benzene rings is 1. The number of nitrogens with zero attached hydrogens (tertiary/aromatic N) is 2. The van der Waals surface area contributed by atoms with Gasteiger partial charge in [0.2, 0.25) is 5.91 Å². The fourth-order valence-corrected chi connectivity index (χ4v) is 5.20. The number of amides is 1. The lowest BCUT2D eigenvalue weighted by Gasteiger charge is -2.36. The van der Waals surface area contributed by atoms with Crippen molar-refractivity contribution in [1.82, 2.24) is 0 Å². The van der Waals surface area contributed by atoms with Gasteiger partial charge in [-0.15, -0.1) is 0 Å². The summed E-state index contributed by atoms with van der Waals surface area (Å²) in [6.45, 7) is 1.02. The molecule has 0 saturated heterocycles. The Hall–Kier alpha value is -1.84. The molecule has 1 heterocycles. The quantitative estimate of drug-likeness (QED) is 0.773. The molecule has 1 aromatic rings. The largest absolute Gasteiger partial charge is 0.366 e. The summed E-state index contributed by atoms with van der Waals surface area (Å²) in [4.78, 5) is 30.1. The summed E-state index contributed by atoms with van der Waals surface area (Å²) in [5.41, 5.74) is 2.08. The van der Waals surface area contributed by atoms with Crippen LogP contribution in [-0.4, -0.2) is 30.8 Å². The van der Waals surface area contributed by atoms with E-state index in [-0.39, 0.29) is 24.2 Å². The first-order chi connectivity index (χ1) is 13.2. The molecule has 2 fully saturated rings. The molecule has 4 rings (SSSR count). The summed E-state index contributed by atoms with van der Waals surface area (Å²) in [6.07, 6.45) is 12.3. The molecule has 0 bridgehead atoms. The Morgan fingerprint density at radius 1 is 0.889 bits per heavy atom. The Balaban J connectivity index is 1.58. The molecular formula is C23H32N2O2. The standard InChI is InChI=1S/C23H32N2O2/c26-22(18-9-3-1-4-10-18)17-25-21-14-8-7-13-20(21)24(16-15-23(25)27)19-11-5-2-6-12-19/h7-8,13-14,18-19H,1-6,9-12,15-17H2. The van der Waals surface area contributed by atoms with Crippen LogP contribution in [0.2, 0.25) is 0 Å². The van der Waals surface area contributed by atoms with Crippen molar-refractivity contribution in [2.45, 2.75) is 76.7 Å². The van der Waals surface area contributed by atoms with Crippen LogP contribution in [-0.2, 0) is 9.59 Å². The van der Waals surface area contributed by atoms with E-state index >= 15 is 0 Å². The zero-order valence-corrected chi connectivity index (χ0v) is 16.4. The van der Waals surface area contributed by atoms with E-state index in [0.717, 1.165) is 43.6 Å². The first-order valence-electron chi connectivity index (χ1n) is 10.9. The number of hydrogen-bond donors (Lipinski definition) is 0. The lowest BCUT2D eigenvalue weighted by atomic mass is 9.86. The highest BCUT2D eigenvalue weighted by Crippen LogP contribution is 2.37. The molecule has 0 atom stereocenters. The van der Waals surface area contributed by atoms with Crippen LogP contribution in [0.15, 0.2) is 24.3 Å². The Morgan fingerprint density at radius 2 is 1.52 bits per heavy atom. The van der Waals surface area contributed by atoms with Crippen molar-refractivity contribution in [2.24, 2.45) is 5.92 Å². The summed E-state index contributed by atoms with van der Waals surface area (Å²) in [7, 11) is 0. The molecule has 0 spiro atoms. The van der Waals surface area contributed by atoms with Gasteiger partial charge in [-0.2, -0.15) is 0 Å². The first-order valence-corrected chi connectivity index (χ1v) is 10.9. The highest BCUT2D eigenvalue weighted by Gasteiger charge is 2.32. The molecule has 0 N–H and O–H groups in total. The van der Waals surface area contributed by atoms with Gasteiger partial charge in [0.1, 0.15) is 0 Å². The van der Waals surface area contributed by atoms with Gasteiger partial charge in [0, 0.05) is 24.9 Å². The van der Waals surface area contributed by atoms with Gasteiger partial charge in [0.25, 0.3) is 0 Å². The lowest BCUT2D eigenvalue weighted by Crippen LogP contribution is -2.38. The van der Waals surface area contributed by atoms with Crippen molar-refractivity contribution < 1.29 is 9.59 Å². The van der Waals surface area contributed by atoms with Gasteiger partial charge in [0.05, 0.1) is 17.9 Å². The van der Waals surface area contributed by atoms with E-state index in [9.17, 15) is 9.59 Å². The maximum absolute atomic E-state index is 13.0. The monoisotopic (exact) mass is 368 g/mol. The molecule has 1 amide bonds. The molecule has 2 aliphatic carbocycles. The van der Waals surface area contributed by atoms with Gasteiger partial charge >= 0.3 is 0 Å². The van der Waals surface area contributed by atoms with E-state index in [0.29, 0.717) is 12.5 Å². The maximum Gasteiger partial charge on any atom is 0.229 e. The molecular weight excluding hydrogens is 336 g/mol. The Morgan fingerprint density at radius 3 is 2.22 bits per heavy atom. The maximum atomic E-state index is 13.0. The second kappa shape index (κ2) is 8.45. The molecule has 0 unspecified atom stereocenters. The van der Waals surface area contributed by atoms with E-state index in [1.54, 1.807) is 4.90 Å². The normalized spacial score (nSPS) is 22.4. The number of fused-ring (bicyclic) bond motifs is 1. The lowest BCUT2D eigenvalue weighted by molar-refractivity contribution is -0.125. The number of rotatable bonds is 4. The minimum atomic E-state index is 0.102. The van der Waals surface area contributed by atoms with E-state index in [1.807, 2.05) is 12.1 Å². The van der Waals surface area contributed by atoms with Gasteiger partial charge in [-0.3, -0.25) is 9.59 Å². The number of carbonyl (C=O) groups excluding carboxylic acids is 2. The van der Waals surface area contributed by atoms with Crippen molar-refractivity contribution in [3.8, 4) is 0 Å². The summed E-state index contributed by atoms with van der Waals surface area (Å²) >= 11 is 0. The number of para-hydroxylation sites is 2. The van der Waals surface area contributed by atoms with Crippen LogP contribution in [0.1, 0.15) is 70.6 Å². The molecule has 1 aliphatic heterocycles. The summed E-state index contributed by atoms with van der Waals surface area (Å²) in [5.74, 6) is 0.505. The zero-order chi connectivity index (χ0) is 18.6. The molecule has 1 aromatic carbocycles. The second-order valence-corrected chi connectivity index (χ2v) is 8.51. The average Bonchev–Trinajstić information content (AvgIpc) is 2.86. The number of hydrogen-bond acceptors (Lipinski definition) is 3. The Bertz CT molecular complexity index is 675. The molecule has 0 radical (unpaired) electrons. The fourth-order valence-electron chi connectivity index (χ4n) is 5.20. The third-order valence-corrected chi connectivity index (χ3v) is 6.74. The van der Waals surface area contributed by atoms with Crippen LogP contribution >= 0.6 is 0 Å². The van der Waals surface area contributed by atoms with Crippen molar-refractivity contribution in [3.63, 3.8) is 0 Å². The first kappa shape index (κ1) is 18.5. The van der Waals surface area contributed by atoms with E-state index < -0.39 is 0 Å². The number of Topliss-reactive ketones (excluding diaryl/α,β-unsaturated/α-hetero) is 1. The highest BCUT2D eigenvalue weighted by molar-refractivity contribution is 6.03. The van der Waals surface area contributed by atoms with Gasteiger partial charge in [-0.05, 0) is 37.8 Å².